The fourth-order valence-corrected chi connectivity index (χ4v) is 2.47. The van der Waals surface area contributed by atoms with Gasteiger partial charge in [-0.1, -0.05) is 54.6 Å². The number of carbonyl (C=O) groups is 2. The van der Waals surface area contributed by atoms with Gasteiger partial charge in [-0.2, -0.15) is 0 Å². The highest BCUT2D eigenvalue weighted by atomic mass is 16.2. The van der Waals surface area contributed by atoms with Crippen molar-refractivity contribution in [2.45, 2.75) is 26.7 Å². The lowest BCUT2D eigenvalue weighted by atomic mass is 10.0. The first-order chi connectivity index (χ1) is 11.6. The molecule has 0 fully saturated rings. The first kappa shape index (κ1) is 17.7. The first-order valence-corrected chi connectivity index (χ1v) is 8.18. The zero-order valence-corrected chi connectivity index (χ0v) is 14.2. The second-order valence-corrected chi connectivity index (χ2v) is 5.82. The molecule has 3 nitrogen and oxygen atoms in total. The molecule has 0 aliphatic heterocycles. The Bertz CT molecular complexity index is 733. The van der Waals surface area contributed by atoms with E-state index in [9.17, 15) is 9.59 Å². The quantitative estimate of drug-likeness (QED) is 0.366. The van der Waals surface area contributed by atoms with Gasteiger partial charge in [0.25, 0.3) is 5.91 Å². The molecule has 0 aliphatic carbocycles. The predicted octanol–water partition coefficient (Wildman–Crippen LogP) is 3.72. The molecule has 3 heteroatoms. The number of amides is 1. The van der Waals surface area contributed by atoms with Crippen molar-refractivity contribution in [2.75, 3.05) is 6.54 Å². The van der Waals surface area contributed by atoms with E-state index in [2.05, 4.69) is 17.4 Å². The van der Waals surface area contributed by atoms with Crippen LogP contribution in [0.1, 0.15) is 30.0 Å². The molecular weight excluding hydrogens is 298 g/mol. The van der Waals surface area contributed by atoms with Crippen molar-refractivity contribution < 1.29 is 9.59 Å². The molecule has 0 heterocycles. The van der Waals surface area contributed by atoms with Gasteiger partial charge in [-0.25, -0.2) is 0 Å². The Kier molecular flexibility index (Phi) is 6.50. The SMILES string of the molecule is CC(=O)/C(=C/c1ccccc1C)C(=O)NCCCc1ccccc1. The van der Waals surface area contributed by atoms with E-state index in [-0.39, 0.29) is 17.3 Å². The van der Waals surface area contributed by atoms with Gasteiger partial charge in [0.15, 0.2) is 5.78 Å². The predicted molar refractivity (Wildman–Crippen MR) is 97.6 cm³/mol. The summed E-state index contributed by atoms with van der Waals surface area (Å²) in [5.41, 5.74) is 3.37. The molecule has 2 aromatic carbocycles. The largest absolute Gasteiger partial charge is 0.352 e. The molecule has 0 aromatic heterocycles. The number of nitrogens with one attached hydrogen (secondary N) is 1. The van der Waals surface area contributed by atoms with Gasteiger partial charge in [0.05, 0.1) is 5.57 Å². The summed E-state index contributed by atoms with van der Waals surface area (Å²) in [7, 11) is 0. The lowest BCUT2D eigenvalue weighted by Gasteiger charge is -2.08. The minimum Gasteiger partial charge on any atom is -0.352 e. The van der Waals surface area contributed by atoms with Crippen LogP contribution in [0, 0.1) is 6.92 Å². The average molecular weight is 321 g/mol. The topological polar surface area (TPSA) is 46.2 Å². The Morgan fingerprint density at radius 1 is 1.00 bits per heavy atom. The number of hydrogen-bond acceptors (Lipinski definition) is 2. The van der Waals surface area contributed by atoms with Crippen molar-refractivity contribution in [3.8, 4) is 0 Å². The molecular formula is C21H23NO2. The summed E-state index contributed by atoms with van der Waals surface area (Å²) in [6, 6.07) is 17.8. The molecule has 2 rings (SSSR count). The van der Waals surface area contributed by atoms with E-state index in [1.54, 1.807) is 6.08 Å². The van der Waals surface area contributed by atoms with Gasteiger partial charge in [0.1, 0.15) is 0 Å². The molecule has 0 saturated carbocycles. The Balaban J connectivity index is 1.95. The normalized spacial score (nSPS) is 11.2. The number of carbonyl (C=O) groups excluding carboxylic acids is 2. The van der Waals surface area contributed by atoms with Gasteiger partial charge >= 0.3 is 0 Å². The van der Waals surface area contributed by atoms with Crippen molar-refractivity contribution in [2.24, 2.45) is 0 Å². The smallest absolute Gasteiger partial charge is 0.254 e. The van der Waals surface area contributed by atoms with Crippen LogP contribution < -0.4 is 5.32 Å². The van der Waals surface area contributed by atoms with E-state index < -0.39 is 0 Å². The van der Waals surface area contributed by atoms with E-state index in [4.69, 9.17) is 0 Å². The third-order valence-electron chi connectivity index (χ3n) is 3.88. The van der Waals surface area contributed by atoms with E-state index in [0.717, 1.165) is 24.0 Å². The van der Waals surface area contributed by atoms with Crippen LogP contribution in [0.25, 0.3) is 6.08 Å². The molecule has 0 radical (unpaired) electrons. The maximum absolute atomic E-state index is 12.3. The average Bonchev–Trinajstić information content (AvgIpc) is 2.58. The van der Waals surface area contributed by atoms with Gasteiger partial charge in [0.2, 0.25) is 0 Å². The fraction of sp³-hybridized carbons (Fsp3) is 0.238. The summed E-state index contributed by atoms with van der Waals surface area (Å²) in [4.78, 5) is 24.1. The van der Waals surface area contributed by atoms with Crippen LogP contribution >= 0.6 is 0 Å². The molecule has 24 heavy (non-hydrogen) atoms. The number of rotatable bonds is 7. The van der Waals surface area contributed by atoms with Crippen LogP contribution in [-0.2, 0) is 16.0 Å². The summed E-state index contributed by atoms with van der Waals surface area (Å²) in [6.45, 7) is 3.93. The lowest BCUT2D eigenvalue weighted by molar-refractivity contribution is -0.121. The molecule has 0 saturated heterocycles. The standard InChI is InChI=1S/C21H23NO2/c1-16-9-6-7-13-19(16)15-20(17(2)23)21(24)22-14-8-12-18-10-4-3-5-11-18/h3-7,9-11,13,15H,8,12,14H2,1-2H3,(H,22,24)/b20-15-. The highest BCUT2D eigenvalue weighted by molar-refractivity contribution is 6.21. The second kappa shape index (κ2) is 8.82. The highest BCUT2D eigenvalue weighted by Crippen LogP contribution is 2.13. The van der Waals surface area contributed by atoms with Crippen LogP contribution in [0.3, 0.4) is 0 Å². The summed E-state index contributed by atoms with van der Waals surface area (Å²) in [6.07, 6.45) is 3.41. The van der Waals surface area contributed by atoms with Gasteiger partial charge in [-0.05, 0) is 49.5 Å². The van der Waals surface area contributed by atoms with Crippen LogP contribution in [0.5, 0.6) is 0 Å². The molecule has 0 atom stereocenters. The lowest BCUT2D eigenvalue weighted by Crippen LogP contribution is -2.28. The number of hydrogen-bond donors (Lipinski definition) is 1. The highest BCUT2D eigenvalue weighted by Gasteiger charge is 2.14. The summed E-state index contributed by atoms with van der Waals surface area (Å²) >= 11 is 0. The molecule has 1 amide bonds. The van der Waals surface area contributed by atoms with Crippen LogP contribution in [0.2, 0.25) is 0 Å². The minimum absolute atomic E-state index is 0.198. The maximum atomic E-state index is 12.3. The van der Waals surface area contributed by atoms with E-state index in [0.29, 0.717) is 6.54 Å². The van der Waals surface area contributed by atoms with Gasteiger partial charge < -0.3 is 5.32 Å². The first-order valence-electron chi connectivity index (χ1n) is 8.18. The molecule has 0 unspecified atom stereocenters. The minimum atomic E-state index is -0.307. The van der Waals surface area contributed by atoms with Crippen molar-refractivity contribution >= 4 is 17.8 Å². The van der Waals surface area contributed by atoms with E-state index >= 15 is 0 Å². The molecule has 0 spiro atoms. The summed E-state index contributed by atoms with van der Waals surface area (Å²) < 4.78 is 0. The Hall–Kier alpha value is -2.68. The number of aryl methyl sites for hydroxylation is 2. The fourth-order valence-electron chi connectivity index (χ4n) is 2.47. The zero-order chi connectivity index (χ0) is 17.4. The monoisotopic (exact) mass is 321 g/mol. The Morgan fingerprint density at radius 3 is 2.33 bits per heavy atom. The molecule has 2 aromatic rings. The number of ketones is 1. The van der Waals surface area contributed by atoms with E-state index in [1.165, 1.54) is 12.5 Å². The Morgan fingerprint density at radius 2 is 1.67 bits per heavy atom. The third-order valence-corrected chi connectivity index (χ3v) is 3.88. The molecule has 124 valence electrons. The number of Topliss-reactive ketones (excluding diaryl/α,β-unsaturated/α-hetero) is 1. The molecule has 0 bridgehead atoms. The van der Waals surface area contributed by atoms with Crippen molar-refractivity contribution in [3.05, 3.63) is 76.9 Å². The van der Waals surface area contributed by atoms with Gasteiger partial charge in [-0.3, -0.25) is 9.59 Å². The van der Waals surface area contributed by atoms with Gasteiger partial charge in [0, 0.05) is 6.54 Å². The second-order valence-electron chi connectivity index (χ2n) is 5.82. The Labute approximate surface area is 143 Å². The zero-order valence-electron chi connectivity index (χ0n) is 14.2. The van der Waals surface area contributed by atoms with Crippen molar-refractivity contribution in [1.82, 2.24) is 5.32 Å². The van der Waals surface area contributed by atoms with Gasteiger partial charge in [-0.15, -0.1) is 0 Å². The summed E-state index contributed by atoms with van der Waals surface area (Å²) in [5, 5.41) is 2.85. The van der Waals surface area contributed by atoms with Crippen molar-refractivity contribution in [3.63, 3.8) is 0 Å². The molecule has 1 N–H and O–H groups in total. The summed E-state index contributed by atoms with van der Waals surface area (Å²) in [5.74, 6) is -0.530. The number of benzene rings is 2. The molecule has 0 aliphatic rings. The van der Waals surface area contributed by atoms with Crippen LogP contribution in [0.4, 0.5) is 0 Å². The van der Waals surface area contributed by atoms with Crippen molar-refractivity contribution in [1.29, 1.82) is 0 Å². The maximum Gasteiger partial charge on any atom is 0.254 e. The van der Waals surface area contributed by atoms with Crippen LogP contribution in [0.15, 0.2) is 60.2 Å². The van der Waals surface area contributed by atoms with E-state index in [1.807, 2.05) is 49.4 Å². The third kappa shape index (κ3) is 5.20. The van der Waals surface area contributed by atoms with Crippen LogP contribution in [-0.4, -0.2) is 18.2 Å².